The number of aryl methyl sites for hydroxylation is 2. The van der Waals surface area contributed by atoms with E-state index in [0.717, 1.165) is 25.0 Å². The number of rotatable bonds is 8. The maximum Gasteiger partial charge on any atom is 0.104 e. The van der Waals surface area contributed by atoms with Gasteiger partial charge in [0, 0.05) is 10.9 Å². The van der Waals surface area contributed by atoms with Gasteiger partial charge in [0.2, 0.25) is 0 Å². The van der Waals surface area contributed by atoms with Gasteiger partial charge in [0.05, 0.1) is 6.07 Å². The van der Waals surface area contributed by atoms with Crippen molar-refractivity contribution in [3.8, 4) is 6.07 Å². The molecule has 1 rings (SSSR count). The number of thioether (sulfide) groups is 1. The van der Waals surface area contributed by atoms with Crippen LogP contribution in [0.5, 0.6) is 0 Å². The number of nitrogens with one attached hydrogen (secondary N) is 1. The minimum atomic E-state index is -0.390. The fourth-order valence-corrected chi connectivity index (χ4v) is 3.54. The molecule has 2 nitrogen and oxygen atoms in total. The van der Waals surface area contributed by atoms with E-state index in [1.807, 2.05) is 18.7 Å². The molecule has 0 bridgehead atoms. The summed E-state index contributed by atoms with van der Waals surface area (Å²) >= 11 is 1.92. The minimum Gasteiger partial charge on any atom is -0.297 e. The summed E-state index contributed by atoms with van der Waals surface area (Å²) in [5, 5.41) is 12.7. The summed E-state index contributed by atoms with van der Waals surface area (Å²) in [6.07, 6.45) is 3.14. The third-order valence-electron chi connectivity index (χ3n) is 3.51. The van der Waals surface area contributed by atoms with Gasteiger partial charge in [-0.3, -0.25) is 5.32 Å². The van der Waals surface area contributed by atoms with Crippen molar-refractivity contribution in [1.29, 1.82) is 5.26 Å². The summed E-state index contributed by atoms with van der Waals surface area (Å²) in [5.74, 6) is 1.12. The molecule has 0 radical (unpaired) electrons. The first-order valence-electron chi connectivity index (χ1n) is 7.75. The topological polar surface area (TPSA) is 35.8 Å². The summed E-state index contributed by atoms with van der Waals surface area (Å²) in [7, 11) is 0. The van der Waals surface area contributed by atoms with Gasteiger partial charge in [-0.15, -0.1) is 11.8 Å². The zero-order chi connectivity index (χ0) is 15.9. The van der Waals surface area contributed by atoms with Crippen molar-refractivity contribution in [3.63, 3.8) is 0 Å². The van der Waals surface area contributed by atoms with Crippen LogP contribution in [0.1, 0.15) is 51.2 Å². The molecular weight excluding hydrogens is 276 g/mol. The Kier molecular flexibility index (Phi) is 7.28. The average molecular weight is 305 g/mol. The molecular formula is C18H28N2S. The van der Waals surface area contributed by atoms with E-state index >= 15 is 0 Å². The van der Waals surface area contributed by atoms with Gasteiger partial charge in [-0.05, 0) is 71.3 Å². The number of unbranched alkanes of at least 4 members (excludes halogenated alkanes) is 1. The lowest BCUT2D eigenvalue weighted by molar-refractivity contribution is 0.372. The zero-order valence-electron chi connectivity index (χ0n) is 14.0. The molecule has 116 valence electrons. The third-order valence-corrected chi connectivity index (χ3v) is 4.77. The second-order valence-corrected chi connectivity index (χ2v) is 7.45. The van der Waals surface area contributed by atoms with Crippen molar-refractivity contribution in [2.45, 2.75) is 70.4 Å². The van der Waals surface area contributed by atoms with E-state index in [4.69, 9.17) is 0 Å². The third kappa shape index (κ3) is 6.54. The van der Waals surface area contributed by atoms with E-state index in [9.17, 15) is 5.26 Å². The number of benzene rings is 1. The van der Waals surface area contributed by atoms with Gasteiger partial charge in [-0.2, -0.15) is 5.26 Å². The minimum absolute atomic E-state index is 0.347. The predicted molar refractivity (Wildman–Crippen MR) is 92.8 cm³/mol. The molecule has 0 aliphatic heterocycles. The molecule has 3 heteroatoms. The van der Waals surface area contributed by atoms with Crippen molar-refractivity contribution in [1.82, 2.24) is 5.32 Å². The number of hydrogen-bond donors (Lipinski definition) is 1. The lowest BCUT2D eigenvalue weighted by Gasteiger charge is -2.25. The summed E-state index contributed by atoms with van der Waals surface area (Å²) in [5.41, 5.74) is 2.29. The standard InChI is InChI=1S/C18H28N2S/c1-14(2)20-18(5,13-19)10-6-7-11-21-17-9-8-15(3)12-16(17)4/h8-9,12,14,20H,6-7,10-11H2,1-5H3. The van der Waals surface area contributed by atoms with Crippen LogP contribution in [0.2, 0.25) is 0 Å². The van der Waals surface area contributed by atoms with Gasteiger partial charge >= 0.3 is 0 Å². The van der Waals surface area contributed by atoms with Crippen LogP contribution in [-0.2, 0) is 0 Å². The van der Waals surface area contributed by atoms with Crippen molar-refractivity contribution in [2.75, 3.05) is 5.75 Å². The molecule has 0 aliphatic rings. The van der Waals surface area contributed by atoms with Crippen molar-refractivity contribution < 1.29 is 0 Å². The van der Waals surface area contributed by atoms with Crippen molar-refractivity contribution in [2.24, 2.45) is 0 Å². The largest absolute Gasteiger partial charge is 0.297 e. The Hall–Kier alpha value is -0.980. The predicted octanol–water partition coefficient (Wildman–Crippen LogP) is 4.85. The molecule has 21 heavy (non-hydrogen) atoms. The SMILES string of the molecule is Cc1ccc(SCCCCC(C)(C#N)NC(C)C)c(C)c1. The molecule has 1 aromatic rings. The Balaban J connectivity index is 2.33. The highest BCUT2D eigenvalue weighted by atomic mass is 32.2. The lowest BCUT2D eigenvalue weighted by atomic mass is 9.96. The van der Waals surface area contributed by atoms with Crippen LogP contribution in [0, 0.1) is 25.2 Å². The molecule has 0 heterocycles. The highest BCUT2D eigenvalue weighted by Crippen LogP contribution is 2.25. The van der Waals surface area contributed by atoms with E-state index in [1.54, 1.807) is 0 Å². The van der Waals surface area contributed by atoms with Crippen LogP contribution in [0.15, 0.2) is 23.1 Å². The fourth-order valence-electron chi connectivity index (χ4n) is 2.52. The molecule has 1 N–H and O–H groups in total. The monoisotopic (exact) mass is 304 g/mol. The summed E-state index contributed by atoms with van der Waals surface area (Å²) in [6.45, 7) is 10.5. The number of nitrogens with zero attached hydrogens (tertiary/aromatic N) is 1. The highest BCUT2D eigenvalue weighted by Gasteiger charge is 2.23. The summed E-state index contributed by atoms with van der Waals surface area (Å²) in [6, 6.07) is 9.39. The van der Waals surface area contributed by atoms with Gasteiger partial charge < -0.3 is 0 Å². The van der Waals surface area contributed by atoms with Crippen LogP contribution < -0.4 is 5.32 Å². The lowest BCUT2D eigenvalue weighted by Crippen LogP contribution is -2.44. The van der Waals surface area contributed by atoms with Crippen LogP contribution in [-0.4, -0.2) is 17.3 Å². The van der Waals surface area contributed by atoms with Crippen LogP contribution >= 0.6 is 11.8 Å². The maximum atomic E-state index is 9.31. The van der Waals surface area contributed by atoms with Crippen LogP contribution in [0.25, 0.3) is 0 Å². The van der Waals surface area contributed by atoms with Gasteiger partial charge in [0.25, 0.3) is 0 Å². The summed E-state index contributed by atoms with van der Waals surface area (Å²) < 4.78 is 0. The van der Waals surface area contributed by atoms with Crippen molar-refractivity contribution >= 4 is 11.8 Å². The smallest absolute Gasteiger partial charge is 0.104 e. The molecule has 1 atom stereocenters. The molecule has 0 fully saturated rings. The molecule has 0 saturated carbocycles. The first kappa shape index (κ1) is 18.1. The van der Waals surface area contributed by atoms with E-state index < -0.39 is 5.54 Å². The molecule has 1 unspecified atom stereocenters. The number of hydrogen-bond acceptors (Lipinski definition) is 3. The molecule has 1 aromatic carbocycles. The van der Waals surface area contributed by atoms with Crippen LogP contribution in [0.4, 0.5) is 0 Å². The molecule has 0 spiro atoms. The Labute approximate surface area is 134 Å². The van der Waals surface area contributed by atoms with Gasteiger partial charge in [0.15, 0.2) is 0 Å². The maximum absolute atomic E-state index is 9.31. The van der Waals surface area contributed by atoms with Gasteiger partial charge in [-0.1, -0.05) is 17.7 Å². The van der Waals surface area contributed by atoms with E-state index in [2.05, 4.69) is 57.3 Å². The van der Waals surface area contributed by atoms with E-state index in [1.165, 1.54) is 16.0 Å². The highest BCUT2D eigenvalue weighted by molar-refractivity contribution is 7.99. The Morgan fingerprint density at radius 1 is 1.29 bits per heavy atom. The quantitative estimate of drug-likeness (QED) is 0.551. The first-order valence-corrected chi connectivity index (χ1v) is 8.74. The first-order chi connectivity index (χ1) is 9.86. The van der Waals surface area contributed by atoms with Gasteiger partial charge in [-0.25, -0.2) is 0 Å². The molecule has 0 aliphatic carbocycles. The average Bonchev–Trinajstić information content (AvgIpc) is 2.40. The Morgan fingerprint density at radius 3 is 2.57 bits per heavy atom. The Bertz CT molecular complexity index is 490. The fraction of sp³-hybridized carbons (Fsp3) is 0.611. The van der Waals surface area contributed by atoms with Crippen LogP contribution in [0.3, 0.4) is 0 Å². The Morgan fingerprint density at radius 2 is 2.00 bits per heavy atom. The second kappa shape index (κ2) is 8.46. The molecule has 0 amide bonds. The van der Waals surface area contributed by atoms with E-state index in [0.29, 0.717) is 6.04 Å². The molecule has 0 saturated heterocycles. The number of nitriles is 1. The van der Waals surface area contributed by atoms with Gasteiger partial charge in [0.1, 0.15) is 5.54 Å². The normalized spacial score (nSPS) is 14.0. The zero-order valence-corrected chi connectivity index (χ0v) is 14.8. The van der Waals surface area contributed by atoms with E-state index in [-0.39, 0.29) is 0 Å². The van der Waals surface area contributed by atoms with Crippen molar-refractivity contribution in [3.05, 3.63) is 29.3 Å². The second-order valence-electron chi connectivity index (χ2n) is 6.32. The molecule has 0 aromatic heterocycles. The summed E-state index contributed by atoms with van der Waals surface area (Å²) in [4.78, 5) is 1.38.